The largest absolute Gasteiger partial charge is 0.489 e. The third-order valence-electron chi connectivity index (χ3n) is 4.22. The number of unbranched alkanes of at least 4 members (excludes halogenated alkanes) is 1. The Balaban J connectivity index is 1.71. The van der Waals surface area contributed by atoms with Crippen molar-refractivity contribution >= 4 is 5.96 Å². The second-order valence-corrected chi connectivity index (χ2v) is 6.77. The summed E-state index contributed by atoms with van der Waals surface area (Å²) in [5, 5.41) is 6.69. The molecule has 1 unspecified atom stereocenters. The summed E-state index contributed by atoms with van der Waals surface area (Å²) in [5.74, 6) is 2.81. The lowest BCUT2D eigenvalue weighted by atomic mass is 10.2. The highest BCUT2D eigenvalue weighted by molar-refractivity contribution is 5.79. The number of imidazole rings is 1. The Bertz CT molecular complexity index is 710. The quantitative estimate of drug-likeness (QED) is 0.382. The molecule has 0 amide bonds. The Morgan fingerprint density at radius 3 is 2.81 bits per heavy atom. The Kier molecular flexibility index (Phi) is 8.68. The molecule has 1 atom stereocenters. The molecule has 1 heterocycles. The minimum atomic E-state index is 0.0199. The molecule has 0 fully saturated rings. The van der Waals surface area contributed by atoms with Crippen molar-refractivity contribution in [3.8, 4) is 5.75 Å². The lowest BCUT2D eigenvalue weighted by molar-refractivity contribution is 0.230. The number of hydrogen-bond acceptors (Lipinski definition) is 3. The van der Waals surface area contributed by atoms with Crippen molar-refractivity contribution in [2.24, 2.45) is 4.99 Å². The highest BCUT2D eigenvalue weighted by atomic mass is 16.5. The van der Waals surface area contributed by atoms with E-state index < -0.39 is 0 Å². The van der Waals surface area contributed by atoms with E-state index in [0.29, 0.717) is 6.54 Å². The molecule has 0 aliphatic rings. The van der Waals surface area contributed by atoms with Gasteiger partial charge >= 0.3 is 0 Å². The fraction of sp³-hybridized carbons (Fsp3) is 0.524. The van der Waals surface area contributed by atoms with Gasteiger partial charge in [0.05, 0.1) is 6.54 Å². The van der Waals surface area contributed by atoms with Crippen molar-refractivity contribution in [1.29, 1.82) is 0 Å². The van der Waals surface area contributed by atoms with Crippen molar-refractivity contribution in [1.82, 2.24) is 20.2 Å². The van der Waals surface area contributed by atoms with E-state index >= 15 is 0 Å². The maximum absolute atomic E-state index is 5.95. The first-order chi connectivity index (χ1) is 13.1. The number of ether oxygens (including phenoxy) is 1. The van der Waals surface area contributed by atoms with E-state index in [1.807, 2.05) is 44.4 Å². The molecule has 1 aromatic carbocycles. The highest BCUT2D eigenvalue weighted by Crippen LogP contribution is 2.14. The van der Waals surface area contributed by atoms with Crippen molar-refractivity contribution < 1.29 is 4.74 Å². The number of rotatable bonds is 10. The average Bonchev–Trinajstić information content (AvgIpc) is 3.04. The Labute approximate surface area is 163 Å². The van der Waals surface area contributed by atoms with Gasteiger partial charge in [-0.25, -0.2) is 9.98 Å². The second-order valence-electron chi connectivity index (χ2n) is 6.77. The highest BCUT2D eigenvalue weighted by Gasteiger charge is 2.05. The Hall–Kier alpha value is -2.50. The molecule has 1 aromatic heterocycles. The van der Waals surface area contributed by atoms with Crippen molar-refractivity contribution in [2.75, 3.05) is 19.6 Å². The summed E-state index contributed by atoms with van der Waals surface area (Å²) >= 11 is 0. The molecule has 2 aromatic rings. The summed E-state index contributed by atoms with van der Waals surface area (Å²) in [6, 6.07) is 8.11. The van der Waals surface area contributed by atoms with Crippen LogP contribution in [-0.2, 0) is 6.54 Å². The van der Waals surface area contributed by atoms with Crippen LogP contribution in [0.2, 0.25) is 0 Å². The second kappa shape index (κ2) is 11.3. The van der Waals surface area contributed by atoms with E-state index in [4.69, 9.17) is 4.74 Å². The molecule has 0 radical (unpaired) electrons. The number of aryl methyl sites for hydroxylation is 3. The molecule has 6 nitrogen and oxygen atoms in total. The van der Waals surface area contributed by atoms with Gasteiger partial charge in [-0.15, -0.1) is 0 Å². The summed E-state index contributed by atoms with van der Waals surface area (Å²) < 4.78 is 8.13. The van der Waals surface area contributed by atoms with E-state index in [1.165, 1.54) is 5.56 Å². The van der Waals surface area contributed by atoms with Crippen LogP contribution in [0.15, 0.2) is 41.7 Å². The van der Waals surface area contributed by atoms with Crippen LogP contribution >= 0.6 is 0 Å². The standard InChI is InChI=1S/C21H33N5O/c1-5-22-21(24-11-6-7-13-26-14-12-23-19(26)4)25-16-18(3)27-20-10-8-9-17(2)15-20/h8-10,12,14-15,18H,5-7,11,13,16H2,1-4H3,(H2,22,24,25). The molecular weight excluding hydrogens is 338 g/mol. The van der Waals surface area contributed by atoms with Gasteiger partial charge in [0.25, 0.3) is 0 Å². The molecule has 6 heteroatoms. The summed E-state index contributed by atoms with van der Waals surface area (Å²) in [6.07, 6.45) is 6.09. The van der Waals surface area contributed by atoms with E-state index in [0.717, 1.165) is 50.0 Å². The topological polar surface area (TPSA) is 63.5 Å². The van der Waals surface area contributed by atoms with Gasteiger partial charge in [0, 0.05) is 32.0 Å². The van der Waals surface area contributed by atoms with E-state index in [9.17, 15) is 0 Å². The van der Waals surface area contributed by atoms with Gasteiger partial charge in [-0.3, -0.25) is 0 Å². The molecule has 2 N–H and O–H groups in total. The molecule has 0 saturated heterocycles. The first kappa shape index (κ1) is 20.8. The number of guanidine groups is 1. The molecule has 148 valence electrons. The van der Waals surface area contributed by atoms with Gasteiger partial charge in [0.2, 0.25) is 0 Å². The molecular formula is C21H33N5O. The fourth-order valence-electron chi connectivity index (χ4n) is 2.77. The number of benzene rings is 1. The van der Waals surface area contributed by atoms with Crippen LogP contribution in [0.25, 0.3) is 0 Å². The van der Waals surface area contributed by atoms with Gasteiger partial charge in [-0.2, -0.15) is 0 Å². The van der Waals surface area contributed by atoms with Crippen LogP contribution in [0.5, 0.6) is 5.75 Å². The monoisotopic (exact) mass is 371 g/mol. The average molecular weight is 372 g/mol. The Morgan fingerprint density at radius 2 is 2.11 bits per heavy atom. The van der Waals surface area contributed by atoms with E-state index in [2.05, 4.69) is 45.1 Å². The molecule has 0 aliphatic heterocycles. The van der Waals surface area contributed by atoms with Gasteiger partial charge < -0.3 is 19.9 Å². The molecule has 27 heavy (non-hydrogen) atoms. The maximum atomic E-state index is 5.95. The molecule has 0 saturated carbocycles. The molecule has 0 bridgehead atoms. The van der Waals surface area contributed by atoms with E-state index in [-0.39, 0.29) is 6.10 Å². The summed E-state index contributed by atoms with van der Waals surface area (Å²) in [5.41, 5.74) is 1.20. The van der Waals surface area contributed by atoms with Crippen LogP contribution in [-0.4, -0.2) is 41.2 Å². The smallest absolute Gasteiger partial charge is 0.191 e. The lowest BCUT2D eigenvalue weighted by Crippen LogP contribution is -2.38. The van der Waals surface area contributed by atoms with Gasteiger partial charge in [-0.05, 0) is 58.2 Å². The predicted octanol–water partition coefficient (Wildman–Crippen LogP) is 3.30. The first-order valence-corrected chi connectivity index (χ1v) is 9.81. The molecule has 2 rings (SSSR count). The summed E-state index contributed by atoms with van der Waals surface area (Å²) in [7, 11) is 0. The number of aromatic nitrogens is 2. The minimum absolute atomic E-state index is 0.0199. The number of aliphatic imine (C=N–C) groups is 1. The van der Waals surface area contributed by atoms with Crippen LogP contribution in [0.1, 0.15) is 38.1 Å². The third kappa shape index (κ3) is 7.72. The fourth-order valence-corrected chi connectivity index (χ4v) is 2.77. The zero-order valence-corrected chi connectivity index (χ0v) is 17.0. The summed E-state index contributed by atoms with van der Waals surface area (Å²) in [6.45, 7) is 11.6. The SMILES string of the molecule is CCNC(=NCC(C)Oc1cccc(C)c1)NCCCCn1ccnc1C. The van der Waals surface area contributed by atoms with E-state index in [1.54, 1.807) is 0 Å². The number of hydrogen-bond donors (Lipinski definition) is 2. The van der Waals surface area contributed by atoms with Crippen molar-refractivity contribution in [2.45, 2.75) is 53.2 Å². The van der Waals surface area contributed by atoms with Gasteiger partial charge in [0.1, 0.15) is 17.7 Å². The normalized spacial score (nSPS) is 12.7. The summed E-state index contributed by atoms with van der Waals surface area (Å²) in [4.78, 5) is 8.90. The van der Waals surface area contributed by atoms with Crippen LogP contribution in [0.3, 0.4) is 0 Å². The maximum Gasteiger partial charge on any atom is 0.191 e. The number of nitrogens with zero attached hydrogens (tertiary/aromatic N) is 3. The van der Waals surface area contributed by atoms with Crippen LogP contribution < -0.4 is 15.4 Å². The van der Waals surface area contributed by atoms with Gasteiger partial charge in [0.15, 0.2) is 5.96 Å². The van der Waals surface area contributed by atoms with Crippen molar-refractivity contribution in [3.63, 3.8) is 0 Å². The minimum Gasteiger partial charge on any atom is -0.489 e. The van der Waals surface area contributed by atoms with Crippen LogP contribution in [0, 0.1) is 13.8 Å². The lowest BCUT2D eigenvalue weighted by Gasteiger charge is -2.15. The zero-order chi connectivity index (χ0) is 19.5. The third-order valence-corrected chi connectivity index (χ3v) is 4.22. The molecule has 0 aliphatic carbocycles. The molecule has 0 spiro atoms. The zero-order valence-electron chi connectivity index (χ0n) is 17.0. The predicted molar refractivity (Wildman–Crippen MR) is 111 cm³/mol. The Morgan fingerprint density at radius 1 is 1.26 bits per heavy atom. The number of nitrogens with one attached hydrogen (secondary N) is 2. The van der Waals surface area contributed by atoms with Gasteiger partial charge in [-0.1, -0.05) is 12.1 Å². The first-order valence-electron chi connectivity index (χ1n) is 9.81. The van der Waals surface area contributed by atoms with Crippen LogP contribution in [0.4, 0.5) is 0 Å². The van der Waals surface area contributed by atoms with Crippen molar-refractivity contribution in [3.05, 3.63) is 48.0 Å².